The first-order valence-corrected chi connectivity index (χ1v) is 10.2. The number of carbonyl (C=O) groups excluding carboxylic acids is 1. The minimum absolute atomic E-state index is 0.0342. The van der Waals surface area contributed by atoms with Gasteiger partial charge in [-0.25, -0.2) is 13.6 Å². The first-order chi connectivity index (χ1) is 12.3. The topological polar surface area (TPSA) is 101 Å². The average molecular weight is 373 g/mol. The first kappa shape index (κ1) is 18.4. The van der Waals surface area contributed by atoms with Crippen molar-refractivity contribution in [2.75, 3.05) is 10.6 Å². The first-order valence-electron chi connectivity index (χ1n) is 8.65. The third-order valence-corrected chi connectivity index (χ3v) is 5.50. The standard InChI is InChI=1S/C19H23N3O3S/c1-13(21-18-11-4-7-14-6-2-3-10-17(14)18)19(23)22-15-8-5-9-16(12-15)26(20,24)25/h4-5,7-9,11-13,21H,2-3,6,10H2,1H3,(H,22,23)(H2,20,24,25). The zero-order valence-corrected chi connectivity index (χ0v) is 15.5. The summed E-state index contributed by atoms with van der Waals surface area (Å²) >= 11 is 0. The van der Waals surface area contributed by atoms with E-state index in [9.17, 15) is 13.2 Å². The Morgan fingerprint density at radius 1 is 1.12 bits per heavy atom. The van der Waals surface area contributed by atoms with Crippen LogP contribution in [-0.2, 0) is 27.7 Å². The third-order valence-electron chi connectivity index (χ3n) is 4.59. The number of hydrogen-bond acceptors (Lipinski definition) is 4. The monoisotopic (exact) mass is 373 g/mol. The van der Waals surface area contributed by atoms with Crippen LogP contribution >= 0.6 is 0 Å². The smallest absolute Gasteiger partial charge is 0.246 e. The minimum Gasteiger partial charge on any atom is -0.374 e. The summed E-state index contributed by atoms with van der Waals surface area (Å²) in [6.45, 7) is 1.78. The second kappa shape index (κ2) is 7.47. The van der Waals surface area contributed by atoms with Crippen molar-refractivity contribution in [3.05, 3.63) is 53.6 Å². The van der Waals surface area contributed by atoms with Crippen LogP contribution in [0, 0.1) is 0 Å². The Morgan fingerprint density at radius 3 is 2.62 bits per heavy atom. The number of benzene rings is 2. The highest BCUT2D eigenvalue weighted by atomic mass is 32.2. The summed E-state index contributed by atoms with van der Waals surface area (Å²) in [6, 6.07) is 11.6. The Bertz CT molecular complexity index is 925. The van der Waals surface area contributed by atoms with E-state index in [1.807, 2.05) is 12.1 Å². The maximum absolute atomic E-state index is 12.5. The van der Waals surface area contributed by atoms with Crippen LogP contribution in [0.4, 0.5) is 11.4 Å². The number of sulfonamides is 1. The Hall–Kier alpha value is -2.38. The molecule has 0 aromatic heterocycles. The maximum Gasteiger partial charge on any atom is 0.246 e. The highest BCUT2D eigenvalue weighted by Gasteiger charge is 2.18. The van der Waals surface area contributed by atoms with Crippen molar-refractivity contribution >= 4 is 27.3 Å². The SMILES string of the molecule is CC(Nc1cccc2c1CCCC2)C(=O)Nc1cccc(S(N)(=O)=O)c1. The fraction of sp³-hybridized carbons (Fsp3) is 0.316. The number of nitrogens with two attached hydrogens (primary N) is 1. The van der Waals surface area contributed by atoms with E-state index in [0.717, 1.165) is 24.9 Å². The zero-order chi connectivity index (χ0) is 18.7. The lowest BCUT2D eigenvalue weighted by atomic mass is 9.90. The summed E-state index contributed by atoms with van der Waals surface area (Å²) < 4.78 is 22.9. The van der Waals surface area contributed by atoms with Crippen LogP contribution in [0.25, 0.3) is 0 Å². The van der Waals surface area contributed by atoms with Crippen molar-refractivity contribution in [2.45, 2.75) is 43.5 Å². The van der Waals surface area contributed by atoms with E-state index in [-0.39, 0.29) is 10.8 Å². The van der Waals surface area contributed by atoms with E-state index in [0.29, 0.717) is 5.69 Å². The second-order valence-corrected chi connectivity index (χ2v) is 8.14. The van der Waals surface area contributed by atoms with E-state index in [1.165, 1.54) is 29.7 Å². The van der Waals surface area contributed by atoms with Gasteiger partial charge in [0.15, 0.2) is 0 Å². The van der Waals surface area contributed by atoms with Crippen LogP contribution in [0.15, 0.2) is 47.4 Å². The van der Waals surface area contributed by atoms with Crippen LogP contribution in [-0.4, -0.2) is 20.4 Å². The molecule has 2 aromatic rings. The van der Waals surface area contributed by atoms with E-state index in [1.54, 1.807) is 19.1 Å². The number of aryl methyl sites for hydroxylation is 1. The van der Waals surface area contributed by atoms with Gasteiger partial charge in [-0.1, -0.05) is 18.2 Å². The van der Waals surface area contributed by atoms with Crippen molar-refractivity contribution in [3.8, 4) is 0 Å². The molecule has 7 heteroatoms. The second-order valence-electron chi connectivity index (χ2n) is 6.58. The number of anilines is 2. The lowest BCUT2D eigenvalue weighted by Crippen LogP contribution is -2.32. The molecule has 138 valence electrons. The number of nitrogens with one attached hydrogen (secondary N) is 2. The van der Waals surface area contributed by atoms with Crippen molar-refractivity contribution in [3.63, 3.8) is 0 Å². The number of amides is 1. The third kappa shape index (κ3) is 4.23. The normalized spacial score (nSPS) is 15.0. The van der Waals surface area contributed by atoms with E-state index in [4.69, 9.17) is 5.14 Å². The highest BCUT2D eigenvalue weighted by molar-refractivity contribution is 7.89. The van der Waals surface area contributed by atoms with Gasteiger partial charge in [0.25, 0.3) is 0 Å². The molecule has 0 spiro atoms. The molecule has 0 aliphatic heterocycles. The summed E-state index contributed by atoms with van der Waals surface area (Å²) in [6.07, 6.45) is 4.45. The van der Waals surface area contributed by atoms with Gasteiger partial charge in [0, 0.05) is 11.4 Å². The molecule has 1 aliphatic rings. The molecule has 0 bridgehead atoms. The van der Waals surface area contributed by atoms with Crippen molar-refractivity contribution in [1.82, 2.24) is 0 Å². The summed E-state index contributed by atoms with van der Waals surface area (Å²) in [4.78, 5) is 12.5. The van der Waals surface area contributed by atoms with Crippen LogP contribution in [0.3, 0.4) is 0 Å². The van der Waals surface area contributed by atoms with Gasteiger partial charge in [-0.3, -0.25) is 4.79 Å². The lowest BCUT2D eigenvalue weighted by Gasteiger charge is -2.22. The molecule has 1 aliphatic carbocycles. The summed E-state index contributed by atoms with van der Waals surface area (Å²) in [5.74, 6) is -0.245. The number of rotatable bonds is 5. The molecular weight excluding hydrogens is 350 g/mol. The molecule has 2 aromatic carbocycles. The van der Waals surface area contributed by atoms with E-state index in [2.05, 4.69) is 16.7 Å². The van der Waals surface area contributed by atoms with Crippen LogP contribution in [0.2, 0.25) is 0 Å². The van der Waals surface area contributed by atoms with Crippen LogP contribution in [0.5, 0.6) is 0 Å². The van der Waals surface area contributed by atoms with Gasteiger partial charge < -0.3 is 10.6 Å². The van der Waals surface area contributed by atoms with Crippen molar-refractivity contribution in [2.24, 2.45) is 5.14 Å². The Labute approximate surface area is 153 Å². The molecule has 4 N–H and O–H groups in total. The molecule has 1 amide bonds. The lowest BCUT2D eigenvalue weighted by molar-refractivity contribution is -0.116. The fourth-order valence-corrected chi connectivity index (χ4v) is 3.78. The average Bonchev–Trinajstić information content (AvgIpc) is 2.61. The summed E-state index contributed by atoms with van der Waals surface area (Å²) in [7, 11) is -3.81. The molecule has 3 rings (SSSR count). The molecule has 6 nitrogen and oxygen atoms in total. The highest BCUT2D eigenvalue weighted by Crippen LogP contribution is 2.28. The van der Waals surface area contributed by atoms with Crippen molar-refractivity contribution in [1.29, 1.82) is 0 Å². The molecule has 0 radical (unpaired) electrons. The van der Waals surface area contributed by atoms with E-state index < -0.39 is 16.1 Å². The van der Waals surface area contributed by atoms with Gasteiger partial charge >= 0.3 is 0 Å². The zero-order valence-electron chi connectivity index (χ0n) is 14.7. The Morgan fingerprint density at radius 2 is 1.85 bits per heavy atom. The molecule has 0 fully saturated rings. The molecule has 26 heavy (non-hydrogen) atoms. The molecular formula is C19H23N3O3S. The Kier molecular flexibility index (Phi) is 5.29. The van der Waals surface area contributed by atoms with Crippen molar-refractivity contribution < 1.29 is 13.2 Å². The quantitative estimate of drug-likeness (QED) is 0.750. The summed E-state index contributed by atoms with van der Waals surface area (Å²) in [5, 5.41) is 11.1. The number of primary sulfonamides is 1. The predicted octanol–water partition coefficient (Wildman–Crippen LogP) is 2.65. The number of hydrogen-bond donors (Lipinski definition) is 3. The predicted molar refractivity (Wildman–Crippen MR) is 103 cm³/mol. The van der Waals surface area contributed by atoms with Crippen LogP contribution in [0.1, 0.15) is 30.9 Å². The maximum atomic E-state index is 12.5. The minimum atomic E-state index is -3.81. The van der Waals surface area contributed by atoms with Gasteiger partial charge in [0.1, 0.15) is 6.04 Å². The van der Waals surface area contributed by atoms with Gasteiger partial charge in [-0.05, 0) is 68.0 Å². The van der Waals surface area contributed by atoms with Gasteiger partial charge in [-0.15, -0.1) is 0 Å². The van der Waals surface area contributed by atoms with Crippen LogP contribution < -0.4 is 15.8 Å². The van der Waals surface area contributed by atoms with E-state index >= 15 is 0 Å². The fourth-order valence-electron chi connectivity index (χ4n) is 3.22. The molecule has 0 heterocycles. The largest absolute Gasteiger partial charge is 0.374 e. The molecule has 1 unspecified atom stereocenters. The molecule has 0 saturated carbocycles. The Balaban J connectivity index is 1.71. The van der Waals surface area contributed by atoms with Gasteiger partial charge in [0.2, 0.25) is 15.9 Å². The summed E-state index contributed by atoms with van der Waals surface area (Å²) in [5.41, 5.74) is 4.01. The van der Waals surface area contributed by atoms with Gasteiger partial charge in [0.05, 0.1) is 4.90 Å². The van der Waals surface area contributed by atoms with Gasteiger partial charge in [-0.2, -0.15) is 0 Å². The molecule has 0 saturated heterocycles. The number of fused-ring (bicyclic) bond motifs is 1. The molecule has 1 atom stereocenters. The number of carbonyl (C=O) groups is 1.